The highest BCUT2D eigenvalue weighted by molar-refractivity contribution is 5.66. The Morgan fingerprint density at radius 2 is 2.23 bits per heavy atom. The lowest BCUT2D eigenvalue weighted by Crippen LogP contribution is -2.36. The fraction of sp³-hybridized carbons (Fsp3) is 0.526. The minimum atomic E-state index is 0.186. The zero-order valence-corrected chi connectivity index (χ0v) is 15.2. The quantitative estimate of drug-likeness (QED) is 0.878. The normalized spacial score (nSPS) is 19.7. The number of aliphatic hydroxyl groups is 1. The number of aryl methyl sites for hydroxylation is 1. The average molecular weight is 360 g/mol. The summed E-state index contributed by atoms with van der Waals surface area (Å²) in [5, 5.41) is 9.41. The number of nitrogens with zero attached hydrogens (tertiary/aromatic N) is 2. The van der Waals surface area contributed by atoms with Crippen LogP contribution in [0.15, 0.2) is 16.5 Å². The Morgan fingerprint density at radius 3 is 3.04 bits per heavy atom. The number of ether oxygens (including phenoxy) is 3. The molecule has 0 radical (unpaired) electrons. The predicted molar refractivity (Wildman–Crippen MR) is 94.4 cm³/mol. The molecular formula is C19H24N2O5. The minimum Gasteiger partial charge on any atom is -0.493 e. The topological polar surface area (TPSA) is 77.2 Å². The summed E-state index contributed by atoms with van der Waals surface area (Å²) in [6, 6.07) is 3.72. The monoisotopic (exact) mass is 360 g/mol. The van der Waals surface area contributed by atoms with Gasteiger partial charge in [0.2, 0.25) is 18.4 Å². The summed E-state index contributed by atoms with van der Waals surface area (Å²) in [5.41, 5.74) is 1.72. The van der Waals surface area contributed by atoms with Gasteiger partial charge in [0.25, 0.3) is 0 Å². The lowest BCUT2D eigenvalue weighted by Gasteiger charge is -2.31. The number of hydrogen-bond donors (Lipinski definition) is 1. The van der Waals surface area contributed by atoms with Gasteiger partial charge in [-0.1, -0.05) is 0 Å². The van der Waals surface area contributed by atoms with Crippen molar-refractivity contribution in [3.63, 3.8) is 0 Å². The van der Waals surface area contributed by atoms with E-state index in [4.69, 9.17) is 23.6 Å². The fourth-order valence-corrected chi connectivity index (χ4v) is 3.61. The van der Waals surface area contributed by atoms with Crippen molar-refractivity contribution in [1.82, 2.24) is 9.88 Å². The Kier molecular flexibility index (Phi) is 4.74. The smallest absolute Gasteiger partial charge is 0.231 e. The lowest BCUT2D eigenvalue weighted by molar-refractivity contribution is 0.115. The van der Waals surface area contributed by atoms with Gasteiger partial charge in [0.15, 0.2) is 11.5 Å². The van der Waals surface area contributed by atoms with Crippen molar-refractivity contribution in [3.8, 4) is 28.7 Å². The molecule has 140 valence electrons. The van der Waals surface area contributed by atoms with Gasteiger partial charge in [-0.05, 0) is 44.4 Å². The van der Waals surface area contributed by atoms with Crippen LogP contribution >= 0.6 is 0 Å². The molecule has 0 spiro atoms. The fourth-order valence-electron chi connectivity index (χ4n) is 3.61. The van der Waals surface area contributed by atoms with Crippen LogP contribution < -0.4 is 14.2 Å². The maximum absolute atomic E-state index is 9.41. The van der Waals surface area contributed by atoms with Crippen LogP contribution in [-0.2, 0) is 6.54 Å². The first-order chi connectivity index (χ1) is 12.7. The number of hydrogen-bond acceptors (Lipinski definition) is 7. The molecule has 7 heteroatoms. The van der Waals surface area contributed by atoms with E-state index < -0.39 is 0 Å². The van der Waals surface area contributed by atoms with Gasteiger partial charge in [-0.2, -0.15) is 0 Å². The van der Waals surface area contributed by atoms with E-state index in [0.29, 0.717) is 29.1 Å². The van der Waals surface area contributed by atoms with Crippen LogP contribution in [0.5, 0.6) is 17.2 Å². The van der Waals surface area contributed by atoms with E-state index in [2.05, 4.69) is 4.90 Å². The first-order valence-corrected chi connectivity index (χ1v) is 8.95. The molecule has 1 aromatic heterocycles. The van der Waals surface area contributed by atoms with Crippen molar-refractivity contribution in [3.05, 3.63) is 23.6 Å². The van der Waals surface area contributed by atoms with Gasteiger partial charge in [0.1, 0.15) is 5.76 Å². The zero-order chi connectivity index (χ0) is 18.1. The molecule has 0 bridgehead atoms. The van der Waals surface area contributed by atoms with Crippen LogP contribution in [0.2, 0.25) is 0 Å². The van der Waals surface area contributed by atoms with Crippen LogP contribution in [0.25, 0.3) is 11.5 Å². The second kappa shape index (κ2) is 7.17. The van der Waals surface area contributed by atoms with E-state index in [0.717, 1.165) is 49.5 Å². The maximum atomic E-state index is 9.41. The van der Waals surface area contributed by atoms with Gasteiger partial charge in [0, 0.05) is 25.3 Å². The van der Waals surface area contributed by atoms with Gasteiger partial charge in [-0.25, -0.2) is 4.98 Å². The van der Waals surface area contributed by atoms with Crippen LogP contribution in [0, 0.1) is 12.8 Å². The highest BCUT2D eigenvalue weighted by Crippen LogP contribution is 2.44. The van der Waals surface area contributed by atoms with Crippen molar-refractivity contribution in [2.75, 3.05) is 33.6 Å². The van der Waals surface area contributed by atoms with Gasteiger partial charge < -0.3 is 23.7 Å². The first-order valence-electron chi connectivity index (χ1n) is 8.95. The molecule has 3 heterocycles. The van der Waals surface area contributed by atoms with E-state index in [9.17, 15) is 5.11 Å². The van der Waals surface area contributed by atoms with Crippen LogP contribution in [0.1, 0.15) is 24.3 Å². The van der Waals surface area contributed by atoms with E-state index in [1.807, 2.05) is 19.1 Å². The highest BCUT2D eigenvalue weighted by atomic mass is 16.7. The molecule has 0 aliphatic carbocycles. The summed E-state index contributed by atoms with van der Waals surface area (Å²) in [6.45, 7) is 5.02. The lowest BCUT2D eigenvalue weighted by atomic mass is 9.99. The Hall–Kier alpha value is -2.25. The molecule has 7 nitrogen and oxygen atoms in total. The van der Waals surface area contributed by atoms with Gasteiger partial charge in [0.05, 0.1) is 12.8 Å². The summed E-state index contributed by atoms with van der Waals surface area (Å²) in [6.07, 6.45) is 2.20. The van der Waals surface area contributed by atoms with Crippen LogP contribution in [0.4, 0.5) is 0 Å². The largest absolute Gasteiger partial charge is 0.493 e. The summed E-state index contributed by atoms with van der Waals surface area (Å²) >= 11 is 0. The molecule has 0 saturated carbocycles. The van der Waals surface area contributed by atoms with E-state index in [1.165, 1.54) is 0 Å². The number of benzene rings is 1. The minimum absolute atomic E-state index is 0.186. The standard InChI is InChI=1S/C19H24N2O5/c1-12-15(9-21-5-3-4-13(8-21)10-22)20-19(26-12)14-6-16(23-2)18-17(7-14)24-11-25-18/h6-7,13,22H,3-5,8-11H2,1-2H3/t13-/m0/s1. The summed E-state index contributed by atoms with van der Waals surface area (Å²) in [5.74, 6) is 3.57. The average Bonchev–Trinajstić information content (AvgIpc) is 3.28. The summed E-state index contributed by atoms with van der Waals surface area (Å²) in [4.78, 5) is 7.04. The highest BCUT2D eigenvalue weighted by Gasteiger charge is 2.24. The molecule has 0 amide bonds. The molecule has 1 atom stereocenters. The molecule has 2 aliphatic rings. The third kappa shape index (κ3) is 3.24. The molecular weight excluding hydrogens is 336 g/mol. The maximum Gasteiger partial charge on any atom is 0.231 e. The molecule has 26 heavy (non-hydrogen) atoms. The van der Waals surface area contributed by atoms with Crippen molar-refractivity contribution in [1.29, 1.82) is 0 Å². The molecule has 2 aromatic rings. The number of piperidine rings is 1. The number of aromatic nitrogens is 1. The Bertz CT molecular complexity index is 788. The second-order valence-electron chi connectivity index (χ2n) is 6.86. The molecule has 0 unspecified atom stereocenters. The Balaban J connectivity index is 1.57. The molecule has 1 N–H and O–H groups in total. The molecule has 1 saturated heterocycles. The zero-order valence-electron chi connectivity index (χ0n) is 15.2. The van der Waals surface area contributed by atoms with Crippen molar-refractivity contribution in [2.45, 2.75) is 26.3 Å². The van der Waals surface area contributed by atoms with E-state index in [1.54, 1.807) is 7.11 Å². The summed E-state index contributed by atoms with van der Waals surface area (Å²) < 4.78 is 22.2. The molecule has 1 aromatic carbocycles. The van der Waals surface area contributed by atoms with E-state index in [-0.39, 0.29) is 13.4 Å². The first kappa shape index (κ1) is 17.2. The van der Waals surface area contributed by atoms with Crippen LogP contribution in [-0.4, -0.2) is 48.6 Å². The van der Waals surface area contributed by atoms with Crippen molar-refractivity contribution in [2.24, 2.45) is 5.92 Å². The Morgan fingerprint density at radius 1 is 1.35 bits per heavy atom. The second-order valence-corrected chi connectivity index (χ2v) is 6.86. The van der Waals surface area contributed by atoms with Crippen molar-refractivity contribution < 1.29 is 23.7 Å². The third-order valence-electron chi connectivity index (χ3n) is 5.03. The number of oxazole rings is 1. The summed E-state index contributed by atoms with van der Waals surface area (Å²) in [7, 11) is 1.60. The molecule has 4 rings (SSSR count). The van der Waals surface area contributed by atoms with Gasteiger partial charge >= 0.3 is 0 Å². The third-order valence-corrected chi connectivity index (χ3v) is 5.03. The number of rotatable bonds is 5. The SMILES string of the molecule is COc1cc(-c2nc(CN3CCC[C@H](CO)C3)c(C)o2)cc2c1OCO2. The number of likely N-dealkylation sites (tertiary alicyclic amines) is 1. The number of fused-ring (bicyclic) bond motifs is 1. The number of aliphatic hydroxyl groups excluding tert-OH is 1. The predicted octanol–water partition coefficient (Wildman–Crippen LogP) is 2.59. The van der Waals surface area contributed by atoms with Gasteiger partial charge in [-0.3, -0.25) is 4.90 Å². The van der Waals surface area contributed by atoms with E-state index >= 15 is 0 Å². The van der Waals surface area contributed by atoms with Crippen molar-refractivity contribution >= 4 is 0 Å². The molecule has 1 fully saturated rings. The van der Waals surface area contributed by atoms with Crippen LogP contribution in [0.3, 0.4) is 0 Å². The van der Waals surface area contributed by atoms with Gasteiger partial charge in [-0.15, -0.1) is 0 Å². The Labute approximate surface area is 152 Å². The molecule has 2 aliphatic heterocycles. The number of methoxy groups -OCH3 is 1.